The summed E-state index contributed by atoms with van der Waals surface area (Å²) in [7, 11) is 1.66. The minimum atomic E-state index is 0.462. The second-order valence-corrected chi connectivity index (χ2v) is 6.00. The van der Waals surface area contributed by atoms with Crippen molar-refractivity contribution in [3.63, 3.8) is 0 Å². The number of rotatable bonds is 5. The predicted molar refractivity (Wildman–Crippen MR) is 100 cm³/mol. The van der Waals surface area contributed by atoms with Crippen LogP contribution in [0.25, 0.3) is 22.4 Å². The number of hydrogen-bond acceptors (Lipinski definition) is 6. The molecule has 6 heteroatoms. The SMILES string of the molecule is COc1cccc(CNc2ncnc3onc(-c4ccc(C)cc4)c23)c1. The van der Waals surface area contributed by atoms with Crippen LogP contribution in [0.3, 0.4) is 0 Å². The van der Waals surface area contributed by atoms with E-state index in [-0.39, 0.29) is 0 Å². The molecule has 1 N–H and O–H groups in total. The molecule has 2 aromatic heterocycles. The van der Waals surface area contributed by atoms with Crippen LogP contribution < -0.4 is 10.1 Å². The molecule has 0 bridgehead atoms. The van der Waals surface area contributed by atoms with Gasteiger partial charge in [-0.3, -0.25) is 0 Å². The first-order valence-electron chi connectivity index (χ1n) is 8.29. The van der Waals surface area contributed by atoms with Gasteiger partial charge >= 0.3 is 0 Å². The summed E-state index contributed by atoms with van der Waals surface area (Å²) in [6.45, 7) is 2.65. The molecule has 0 spiro atoms. The van der Waals surface area contributed by atoms with Crippen LogP contribution in [0.15, 0.2) is 59.4 Å². The largest absolute Gasteiger partial charge is 0.497 e. The van der Waals surface area contributed by atoms with Gasteiger partial charge in [0.15, 0.2) is 0 Å². The van der Waals surface area contributed by atoms with Gasteiger partial charge in [-0.1, -0.05) is 47.1 Å². The number of fused-ring (bicyclic) bond motifs is 1. The van der Waals surface area contributed by atoms with Crippen molar-refractivity contribution in [1.29, 1.82) is 0 Å². The van der Waals surface area contributed by atoms with Crippen LogP contribution >= 0.6 is 0 Å². The lowest BCUT2D eigenvalue weighted by Gasteiger charge is -2.08. The average Bonchev–Trinajstić information content (AvgIpc) is 3.12. The minimum absolute atomic E-state index is 0.462. The first kappa shape index (κ1) is 16.1. The fourth-order valence-electron chi connectivity index (χ4n) is 2.80. The van der Waals surface area contributed by atoms with Crippen molar-refractivity contribution in [2.45, 2.75) is 13.5 Å². The minimum Gasteiger partial charge on any atom is -0.497 e. The molecule has 0 aliphatic rings. The summed E-state index contributed by atoms with van der Waals surface area (Å²) >= 11 is 0. The molecule has 0 saturated carbocycles. The second kappa shape index (κ2) is 6.84. The Bertz CT molecular complexity index is 1040. The molecule has 0 atom stereocenters. The number of aryl methyl sites for hydroxylation is 1. The second-order valence-electron chi connectivity index (χ2n) is 6.00. The van der Waals surface area contributed by atoms with E-state index in [1.54, 1.807) is 7.11 Å². The molecule has 4 aromatic rings. The van der Waals surface area contributed by atoms with Crippen molar-refractivity contribution in [2.24, 2.45) is 0 Å². The number of aromatic nitrogens is 3. The molecule has 6 nitrogen and oxygen atoms in total. The molecule has 0 aliphatic heterocycles. The summed E-state index contributed by atoms with van der Waals surface area (Å²) in [6, 6.07) is 16.0. The van der Waals surface area contributed by atoms with Gasteiger partial charge in [-0.15, -0.1) is 0 Å². The Morgan fingerprint density at radius 2 is 1.92 bits per heavy atom. The van der Waals surface area contributed by atoms with Crippen LogP contribution in [0, 0.1) is 6.92 Å². The maximum Gasteiger partial charge on any atom is 0.263 e. The Kier molecular flexibility index (Phi) is 4.23. The number of anilines is 1. The summed E-state index contributed by atoms with van der Waals surface area (Å²) in [6.07, 6.45) is 1.47. The van der Waals surface area contributed by atoms with E-state index in [4.69, 9.17) is 9.26 Å². The Balaban J connectivity index is 1.68. The van der Waals surface area contributed by atoms with Crippen LogP contribution in [0.1, 0.15) is 11.1 Å². The fourth-order valence-corrected chi connectivity index (χ4v) is 2.80. The maximum atomic E-state index is 5.40. The lowest BCUT2D eigenvalue weighted by Crippen LogP contribution is -2.02. The van der Waals surface area contributed by atoms with Crippen LogP contribution in [0.2, 0.25) is 0 Å². The Labute approximate surface area is 150 Å². The predicted octanol–water partition coefficient (Wildman–Crippen LogP) is 4.21. The van der Waals surface area contributed by atoms with Crippen LogP contribution in [-0.4, -0.2) is 22.2 Å². The molecule has 0 saturated heterocycles. The van der Waals surface area contributed by atoms with E-state index in [2.05, 4.69) is 27.4 Å². The highest BCUT2D eigenvalue weighted by atomic mass is 16.5. The number of hydrogen-bond donors (Lipinski definition) is 1. The maximum absolute atomic E-state index is 5.40. The van der Waals surface area contributed by atoms with Gasteiger partial charge in [0.2, 0.25) is 0 Å². The normalized spacial score (nSPS) is 10.8. The van der Waals surface area contributed by atoms with Gasteiger partial charge in [-0.25, -0.2) is 4.98 Å². The summed E-state index contributed by atoms with van der Waals surface area (Å²) in [4.78, 5) is 8.57. The van der Waals surface area contributed by atoms with Crippen LogP contribution in [-0.2, 0) is 6.54 Å². The standard InChI is InChI=1S/C20H18N4O2/c1-13-6-8-15(9-7-13)18-17-19(22-12-23-20(17)26-24-18)21-11-14-4-3-5-16(10-14)25-2/h3-10,12H,11H2,1-2H3,(H,21,22,23). The van der Waals surface area contributed by atoms with E-state index in [9.17, 15) is 0 Å². The van der Waals surface area contributed by atoms with Gasteiger partial charge in [0.25, 0.3) is 5.71 Å². The smallest absolute Gasteiger partial charge is 0.263 e. The topological polar surface area (TPSA) is 73.1 Å². The lowest BCUT2D eigenvalue weighted by atomic mass is 10.1. The third-order valence-corrected chi connectivity index (χ3v) is 4.19. The average molecular weight is 346 g/mol. The summed E-state index contributed by atoms with van der Waals surface area (Å²) in [5.74, 6) is 1.51. The van der Waals surface area contributed by atoms with Gasteiger partial charge in [0.05, 0.1) is 7.11 Å². The zero-order valence-corrected chi connectivity index (χ0v) is 14.6. The highest BCUT2D eigenvalue weighted by molar-refractivity contribution is 5.97. The molecular weight excluding hydrogens is 328 g/mol. The zero-order valence-electron chi connectivity index (χ0n) is 14.6. The Hall–Kier alpha value is -3.41. The first-order chi connectivity index (χ1) is 12.7. The molecule has 0 unspecified atom stereocenters. The van der Waals surface area contributed by atoms with Crippen molar-refractivity contribution < 1.29 is 9.26 Å². The summed E-state index contributed by atoms with van der Waals surface area (Å²) in [5, 5.41) is 8.33. The number of nitrogens with zero attached hydrogens (tertiary/aromatic N) is 3. The summed E-state index contributed by atoms with van der Waals surface area (Å²) in [5.41, 5.74) is 4.43. The molecule has 0 fully saturated rings. The third kappa shape index (κ3) is 3.09. The van der Waals surface area contributed by atoms with E-state index >= 15 is 0 Å². The number of ether oxygens (including phenoxy) is 1. The van der Waals surface area contributed by atoms with Crippen molar-refractivity contribution >= 4 is 16.9 Å². The number of benzene rings is 2. The van der Waals surface area contributed by atoms with E-state index in [1.807, 2.05) is 48.5 Å². The Morgan fingerprint density at radius 3 is 2.73 bits per heavy atom. The lowest BCUT2D eigenvalue weighted by molar-refractivity contribution is 0.414. The van der Waals surface area contributed by atoms with Crippen LogP contribution in [0.5, 0.6) is 5.75 Å². The Morgan fingerprint density at radius 1 is 1.08 bits per heavy atom. The van der Waals surface area contributed by atoms with Crippen molar-refractivity contribution in [3.05, 3.63) is 66.0 Å². The highest BCUT2D eigenvalue weighted by Gasteiger charge is 2.16. The fraction of sp³-hybridized carbons (Fsp3) is 0.150. The van der Waals surface area contributed by atoms with E-state index in [1.165, 1.54) is 11.9 Å². The van der Waals surface area contributed by atoms with Crippen molar-refractivity contribution in [3.8, 4) is 17.0 Å². The van der Waals surface area contributed by atoms with Gasteiger partial charge < -0.3 is 14.6 Å². The van der Waals surface area contributed by atoms with Gasteiger partial charge in [-0.05, 0) is 24.6 Å². The van der Waals surface area contributed by atoms with E-state index < -0.39 is 0 Å². The third-order valence-electron chi connectivity index (χ3n) is 4.19. The monoisotopic (exact) mass is 346 g/mol. The van der Waals surface area contributed by atoms with E-state index in [0.717, 1.165) is 28.0 Å². The molecule has 2 heterocycles. The van der Waals surface area contributed by atoms with Crippen molar-refractivity contribution in [2.75, 3.05) is 12.4 Å². The molecule has 2 aromatic carbocycles. The number of nitrogens with one attached hydrogen (secondary N) is 1. The van der Waals surface area contributed by atoms with Gasteiger partial charge in [0.1, 0.15) is 29.0 Å². The summed E-state index contributed by atoms with van der Waals surface area (Å²) < 4.78 is 10.7. The molecular formula is C20H18N4O2. The molecule has 26 heavy (non-hydrogen) atoms. The highest BCUT2D eigenvalue weighted by Crippen LogP contribution is 2.31. The molecule has 0 amide bonds. The van der Waals surface area contributed by atoms with Gasteiger partial charge in [0, 0.05) is 12.1 Å². The number of methoxy groups -OCH3 is 1. The molecule has 0 aliphatic carbocycles. The zero-order chi connectivity index (χ0) is 17.9. The quantitative estimate of drug-likeness (QED) is 0.583. The molecule has 4 rings (SSSR count). The van der Waals surface area contributed by atoms with E-state index in [0.29, 0.717) is 18.1 Å². The molecule has 0 radical (unpaired) electrons. The first-order valence-corrected chi connectivity index (χ1v) is 8.29. The molecule has 130 valence electrons. The van der Waals surface area contributed by atoms with Crippen molar-refractivity contribution in [1.82, 2.24) is 15.1 Å². The van der Waals surface area contributed by atoms with Gasteiger partial charge in [-0.2, -0.15) is 4.98 Å². The van der Waals surface area contributed by atoms with Crippen LogP contribution in [0.4, 0.5) is 5.82 Å².